The summed E-state index contributed by atoms with van der Waals surface area (Å²) in [6, 6.07) is 0. The van der Waals surface area contributed by atoms with E-state index in [9.17, 15) is 0 Å². The lowest BCUT2D eigenvalue weighted by molar-refractivity contribution is 1.49. The Balaban J connectivity index is -0.00000000500. The van der Waals surface area contributed by atoms with Crippen LogP contribution in [0.25, 0.3) is 0 Å². The molecule has 0 saturated carbocycles. The molecule has 28 valence electrons. The molecule has 0 bridgehead atoms. The minimum absolute atomic E-state index is 0. The molecule has 0 rings (SSSR count). The third-order valence-electron chi connectivity index (χ3n) is 0. The predicted molar refractivity (Wildman–Crippen MR) is 19.5 cm³/mol. The quantitative estimate of drug-likeness (QED) is 0.426. The second-order valence-corrected chi connectivity index (χ2v) is 0. The van der Waals surface area contributed by atoms with Crippen molar-refractivity contribution in [2.45, 2.75) is 14.9 Å². The van der Waals surface area contributed by atoms with Gasteiger partial charge in [0.05, 0.1) is 0 Å². The molecule has 0 radical (unpaired) electrons. The van der Waals surface area contributed by atoms with Crippen molar-refractivity contribution < 1.29 is 0 Å². The molecule has 0 heterocycles. The van der Waals surface area contributed by atoms with Crippen LogP contribution in [0.15, 0.2) is 0 Å². The Hall–Kier alpha value is -0.400. The standard InChI is InChI=1S/2CH4.HNO/c;;1-2/h2*1H4;1H. The van der Waals surface area contributed by atoms with Crippen molar-refractivity contribution >= 4 is 0 Å². The van der Waals surface area contributed by atoms with Gasteiger partial charge in [0.2, 0.25) is 0 Å². The number of nitroso groups, excluding NO2 is 1. The molecule has 0 aromatic rings. The number of nitrogens with one attached hydrogen (secondary N) is 1. The molecule has 2 nitrogen and oxygen atoms in total. The van der Waals surface area contributed by atoms with Gasteiger partial charge in [0.1, 0.15) is 0 Å². The molecule has 0 amide bonds. The molecule has 0 aromatic carbocycles. The average molecular weight is 63.1 g/mol. The summed E-state index contributed by atoms with van der Waals surface area (Å²) in [6.45, 7) is 0. The highest BCUT2D eigenvalue weighted by atomic mass is 16.2. The Bertz CT molecular complexity index is 6.00. The smallest absolute Gasteiger partial charge is 0.0776 e. The molecule has 1 N–H and O–H groups in total. The van der Waals surface area contributed by atoms with E-state index in [2.05, 4.69) is 5.59 Å². The van der Waals surface area contributed by atoms with Crippen molar-refractivity contribution in [3.05, 3.63) is 4.91 Å². The van der Waals surface area contributed by atoms with E-state index in [1.807, 2.05) is 0 Å². The van der Waals surface area contributed by atoms with Crippen molar-refractivity contribution in [2.24, 2.45) is 0 Å². The zero-order valence-corrected chi connectivity index (χ0v) is 0.908. The van der Waals surface area contributed by atoms with E-state index in [0.717, 1.165) is 0 Å². The molecule has 0 saturated heterocycles. The molecule has 0 aliphatic carbocycles. The fraction of sp³-hybridized carbons (Fsp3) is 1.00. The molecular weight excluding hydrogens is 54.0 g/mol. The first-order valence-electron chi connectivity index (χ1n) is 0.204. The zero-order valence-electron chi connectivity index (χ0n) is 0.908. The molecular formula is C2H9NO. The van der Waals surface area contributed by atoms with Crippen LogP contribution < -0.4 is 0 Å². The van der Waals surface area contributed by atoms with Crippen molar-refractivity contribution in [1.82, 2.24) is 0 Å². The highest BCUT2D eigenvalue weighted by molar-refractivity contribution is 3.63. The minimum atomic E-state index is 0. The molecule has 4 heavy (non-hydrogen) atoms. The minimum Gasteiger partial charge on any atom is -0.154 e. The monoisotopic (exact) mass is 63.1 g/mol. The van der Waals surface area contributed by atoms with Crippen molar-refractivity contribution in [3.8, 4) is 0 Å². The molecule has 0 spiro atoms. The fourth-order valence-electron chi connectivity index (χ4n) is 0. The summed E-state index contributed by atoms with van der Waals surface area (Å²) < 4.78 is 0. The van der Waals surface area contributed by atoms with E-state index in [-0.39, 0.29) is 14.9 Å². The van der Waals surface area contributed by atoms with Gasteiger partial charge < -0.3 is 0 Å². The van der Waals surface area contributed by atoms with E-state index < -0.39 is 0 Å². The Labute approximate surface area is 26.6 Å². The topological polar surface area (TPSA) is 40.9 Å². The first kappa shape index (κ1) is 67.6. The van der Waals surface area contributed by atoms with Crippen LogP contribution in [0.2, 0.25) is 0 Å². The third kappa shape index (κ3) is 3.60. The van der Waals surface area contributed by atoms with E-state index in [4.69, 9.17) is 4.91 Å². The second kappa shape index (κ2) is 41.6. The van der Waals surface area contributed by atoms with Gasteiger partial charge in [-0.2, -0.15) is 4.91 Å². The van der Waals surface area contributed by atoms with Crippen molar-refractivity contribution in [2.75, 3.05) is 0 Å². The summed E-state index contributed by atoms with van der Waals surface area (Å²) in [4.78, 5) is 7.50. The van der Waals surface area contributed by atoms with Gasteiger partial charge in [-0.25, -0.2) is 0 Å². The lowest BCUT2D eigenvalue weighted by Gasteiger charge is -0.827. The maximum absolute atomic E-state index is 7.50. The molecule has 0 aromatic heterocycles. The maximum atomic E-state index is 7.50. The van der Waals surface area contributed by atoms with Crippen LogP contribution >= 0.6 is 0 Å². The van der Waals surface area contributed by atoms with Gasteiger partial charge in [0.25, 0.3) is 0 Å². The molecule has 0 atom stereocenters. The van der Waals surface area contributed by atoms with Gasteiger partial charge in [-0.3, -0.25) is 0 Å². The van der Waals surface area contributed by atoms with E-state index in [0.29, 0.717) is 0 Å². The fourth-order valence-corrected chi connectivity index (χ4v) is 0. The Morgan fingerprint density at radius 3 is 1.00 bits per heavy atom. The van der Waals surface area contributed by atoms with Crippen LogP contribution in [0.3, 0.4) is 0 Å². The summed E-state index contributed by atoms with van der Waals surface area (Å²) >= 11 is 0. The highest BCUT2D eigenvalue weighted by Gasteiger charge is 0.588. The molecule has 0 unspecified atom stereocenters. The Kier molecular flexibility index (Phi) is 703. The van der Waals surface area contributed by atoms with Crippen LogP contribution in [0.1, 0.15) is 14.9 Å². The molecule has 0 fully saturated rings. The first-order valence-corrected chi connectivity index (χ1v) is 0.204. The predicted octanol–water partition coefficient (Wildman–Crippen LogP) is 1.60. The van der Waals surface area contributed by atoms with Crippen LogP contribution in [0.4, 0.5) is 0 Å². The van der Waals surface area contributed by atoms with Gasteiger partial charge in [-0.05, 0) is 0 Å². The molecule has 0 aliphatic heterocycles. The van der Waals surface area contributed by atoms with Gasteiger partial charge >= 0.3 is 0 Å². The number of rotatable bonds is 0. The normalized spacial score (nSPS) is 1.00. The average Bonchev–Trinajstić information content (AvgIpc) is 1.00. The van der Waals surface area contributed by atoms with E-state index in [1.165, 1.54) is 0 Å². The lowest BCUT2D eigenvalue weighted by Crippen LogP contribution is -0.649. The summed E-state index contributed by atoms with van der Waals surface area (Å²) in [5.74, 6) is 0. The van der Waals surface area contributed by atoms with Crippen LogP contribution in [-0.4, -0.2) is 0 Å². The summed E-state index contributed by atoms with van der Waals surface area (Å²) in [5, 5.41) is 0. The van der Waals surface area contributed by atoms with Crippen LogP contribution in [-0.2, 0) is 0 Å². The lowest BCUT2D eigenvalue weighted by atomic mass is 12.0. The van der Waals surface area contributed by atoms with Crippen molar-refractivity contribution in [1.29, 1.82) is 5.59 Å². The molecule has 0 aliphatic rings. The van der Waals surface area contributed by atoms with Crippen LogP contribution in [0.5, 0.6) is 0 Å². The number of hydrogen-bond donors (Lipinski definition) is 1. The summed E-state index contributed by atoms with van der Waals surface area (Å²) in [6.07, 6.45) is 0. The third-order valence-corrected chi connectivity index (χ3v) is 0. The number of hydrogen-bond acceptors (Lipinski definition) is 2. The zero-order chi connectivity index (χ0) is 2.00. The first-order chi connectivity index (χ1) is 1.00. The summed E-state index contributed by atoms with van der Waals surface area (Å²) in [7, 11) is 0. The van der Waals surface area contributed by atoms with Gasteiger partial charge in [0, 0.05) is 0 Å². The second-order valence-electron chi connectivity index (χ2n) is 0. The van der Waals surface area contributed by atoms with Gasteiger partial charge in [-0.1, -0.05) is 20.4 Å². The summed E-state index contributed by atoms with van der Waals surface area (Å²) in [5.41, 5.74) is 4.50. The van der Waals surface area contributed by atoms with E-state index in [1.54, 1.807) is 0 Å². The van der Waals surface area contributed by atoms with E-state index >= 15 is 0 Å². The SMILES string of the molecule is C.C.N=O. The van der Waals surface area contributed by atoms with Gasteiger partial charge in [-0.15, -0.1) is 0 Å². The largest absolute Gasteiger partial charge is 0.154 e. The Morgan fingerprint density at radius 1 is 1.00 bits per heavy atom. The van der Waals surface area contributed by atoms with Gasteiger partial charge in [0.15, 0.2) is 0 Å². The maximum Gasteiger partial charge on any atom is -0.0776 e. The molecule has 2 heteroatoms. The highest BCUT2D eigenvalue weighted by Crippen LogP contribution is 0.766. The van der Waals surface area contributed by atoms with Crippen molar-refractivity contribution in [3.63, 3.8) is 0 Å². The van der Waals surface area contributed by atoms with Crippen LogP contribution in [0, 0.1) is 10.5 Å². The Morgan fingerprint density at radius 2 is 1.00 bits per heavy atom.